The van der Waals surface area contributed by atoms with Crippen LogP contribution in [0.5, 0.6) is 0 Å². The Morgan fingerprint density at radius 2 is 1.93 bits per heavy atom. The molecule has 0 atom stereocenters. The van der Waals surface area contributed by atoms with Crippen molar-refractivity contribution in [3.05, 3.63) is 41.4 Å². The van der Waals surface area contributed by atoms with Crippen molar-refractivity contribution in [2.45, 2.75) is 0 Å². The average molecular weight is 224 g/mol. The summed E-state index contributed by atoms with van der Waals surface area (Å²) in [6, 6.07) is 4.66. The Hall–Kier alpha value is -1.68. The summed E-state index contributed by atoms with van der Waals surface area (Å²) in [7, 11) is 0. The molecule has 15 heavy (non-hydrogen) atoms. The van der Waals surface area contributed by atoms with Gasteiger partial charge in [0.25, 0.3) is 0 Å². The van der Waals surface area contributed by atoms with E-state index in [1.807, 2.05) is 0 Å². The Morgan fingerprint density at radius 3 is 2.67 bits per heavy atom. The van der Waals surface area contributed by atoms with Crippen molar-refractivity contribution in [3.63, 3.8) is 0 Å². The molecule has 0 spiro atoms. The molecule has 2 rings (SSSR count). The number of nitrogens with zero attached hydrogens (tertiary/aromatic N) is 2. The first-order valence-corrected chi connectivity index (χ1v) is 4.59. The minimum atomic E-state index is -0.536. The lowest BCUT2D eigenvalue weighted by Crippen LogP contribution is -1.97. The fraction of sp³-hybridized carbons (Fsp3) is 0. The van der Waals surface area contributed by atoms with Crippen LogP contribution in [0.3, 0.4) is 0 Å². The van der Waals surface area contributed by atoms with E-state index in [-0.39, 0.29) is 16.4 Å². The third-order valence-corrected chi connectivity index (χ3v) is 2.23. The van der Waals surface area contributed by atoms with Crippen molar-refractivity contribution in [3.8, 4) is 11.3 Å². The van der Waals surface area contributed by atoms with Gasteiger partial charge in [-0.2, -0.15) is 0 Å². The van der Waals surface area contributed by atoms with E-state index in [0.29, 0.717) is 5.69 Å². The predicted octanol–water partition coefficient (Wildman–Crippen LogP) is 2.52. The summed E-state index contributed by atoms with van der Waals surface area (Å²) in [4.78, 5) is 7.80. The summed E-state index contributed by atoms with van der Waals surface area (Å²) in [6.45, 7) is 0. The standard InChI is InChI=1S/C10H7ClFN3/c11-7-3-1-2-6(8(7)12)9-10(13)15-5-4-14-9/h1-5H,(H2,13,15). The van der Waals surface area contributed by atoms with E-state index in [4.69, 9.17) is 17.3 Å². The van der Waals surface area contributed by atoms with Gasteiger partial charge in [0, 0.05) is 18.0 Å². The molecule has 0 aliphatic carbocycles. The highest BCUT2D eigenvalue weighted by atomic mass is 35.5. The molecule has 0 saturated carbocycles. The van der Waals surface area contributed by atoms with Gasteiger partial charge in [0.2, 0.25) is 0 Å². The van der Waals surface area contributed by atoms with Gasteiger partial charge in [-0.3, -0.25) is 4.98 Å². The van der Waals surface area contributed by atoms with Crippen LogP contribution < -0.4 is 5.73 Å². The van der Waals surface area contributed by atoms with Gasteiger partial charge in [0.1, 0.15) is 11.5 Å². The maximum Gasteiger partial charge on any atom is 0.151 e. The van der Waals surface area contributed by atoms with E-state index >= 15 is 0 Å². The van der Waals surface area contributed by atoms with Crippen molar-refractivity contribution in [1.29, 1.82) is 0 Å². The lowest BCUT2D eigenvalue weighted by Gasteiger charge is -2.05. The second kappa shape index (κ2) is 3.82. The van der Waals surface area contributed by atoms with Crippen LogP contribution in [0.4, 0.5) is 10.2 Å². The van der Waals surface area contributed by atoms with E-state index in [1.165, 1.54) is 18.5 Å². The molecule has 0 saturated heterocycles. The molecule has 76 valence electrons. The fourth-order valence-corrected chi connectivity index (χ4v) is 1.42. The molecule has 1 aromatic heterocycles. The Balaban J connectivity index is 2.65. The van der Waals surface area contributed by atoms with Crippen LogP contribution in [0, 0.1) is 5.82 Å². The second-order valence-corrected chi connectivity index (χ2v) is 3.30. The molecule has 0 radical (unpaired) electrons. The molecule has 5 heteroatoms. The van der Waals surface area contributed by atoms with Crippen LogP contribution in [0.1, 0.15) is 0 Å². The SMILES string of the molecule is Nc1nccnc1-c1cccc(Cl)c1F. The number of halogens is 2. The topological polar surface area (TPSA) is 51.8 Å². The summed E-state index contributed by atoms with van der Waals surface area (Å²) in [6.07, 6.45) is 2.90. The highest BCUT2D eigenvalue weighted by Gasteiger charge is 2.12. The highest BCUT2D eigenvalue weighted by molar-refractivity contribution is 6.31. The second-order valence-electron chi connectivity index (χ2n) is 2.89. The Kier molecular flexibility index (Phi) is 2.51. The van der Waals surface area contributed by atoms with Crippen LogP contribution in [0.2, 0.25) is 5.02 Å². The van der Waals surface area contributed by atoms with Gasteiger partial charge >= 0.3 is 0 Å². The average Bonchev–Trinajstić information content (AvgIpc) is 2.23. The summed E-state index contributed by atoms with van der Waals surface area (Å²) >= 11 is 5.65. The third-order valence-electron chi connectivity index (χ3n) is 1.93. The molecule has 0 unspecified atom stereocenters. The summed E-state index contributed by atoms with van der Waals surface area (Å²) < 4.78 is 13.6. The number of aromatic nitrogens is 2. The summed E-state index contributed by atoms with van der Waals surface area (Å²) in [5.74, 6) is -0.356. The molecular formula is C10H7ClFN3. The number of nitrogen functional groups attached to an aromatic ring is 1. The minimum Gasteiger partial charge on any atom is -0.382 e. The number of benzene rings is 1. The van der Waals surface area contributed by atoms with Gasteiger partial charge in [-0.15, -0.1) is 0 Å². The molecule has 0 aliphatic rings. The number of hydrogen-bond donors (Lipinski definition) is 1. The fourth-order valence-electron chi connectivity index (χ4n) is 1.24. The first-order valence-electron chi connectivity index (χ1n) is 4.21. The van der Waals surface area contributed by atoms with E-state index in [0.717, 1.165) is 0 Å². The molecule has 0 fully saturated rings. The van der Waals surface area contributed by atoms with Crippen LogP contribution in [0.15, 0.2) is 30.6 Å². The van der Waals surface area contributed by atoms with Crippen molar-refractivity contribution < 1.29 is 4.39 Å². The number of anilines is 1. The lowest BCUT2D eigenvalue weighted by atomic mass is 10.1. The zero-order valence-electron chi connectivity index (χ0n) is 7.61. The minimum absolute atomic E-state index is 0.0394. The van der Waals surface area contributed by atoms with E-state index in [2.05, 4.69) is 9.97 Å². The van der Waals surface area contributed by atoms with Crippen LogP contribution in [-0.2, 0) is 0 Å². The van der Waals surface area contributed by atoms with Crippen molar-refractivity contribution >= 4 is 17.4 Å². The highest BCUT2D eigenvalue weighted by Crippen LogP contribution is 2.28. The normalized spacial score (nSPS) is 10.3. The van der Waals surface area contributed by atoms with Gasteiger partial charge in [-0.25, -0.2) is 9.37 Å². The Labute approximate surface area is 90.7 Å². The number of hydrogen-bond acceptors (Lipinski definition) is 3. The van der Waals surface area contributed by atoms with Crippen molar-refractivity contribution in [2.75, 3.05) is 5.73 Å². The van der Waals surface area contributed by atoms with Gasteiger partial charge in [0.05, 0.1) is 5.02 Å². The quantitative estimate of drug-likeness (QED) is 0.808. The first kappa shape index (κ1) is 9.86. The van der Waals surface area contributed by atoms with Crippen molar-refractivity contribution in [2.24, 2.45) is 0 Å². The zero-order chi connectivity index (χ0) is 10.8. The molecule has 1 aromatic carbocycles. The van der Waals surface area contributed by atoms with Crippen LogP contribution >= 0.6 is 11.6 Å². The molecule has 2 N–H and O–H groups in total. The largest absolute Gasteiger partial charge is 0.382 e. The monoisotopic (exact) mass is 223 g/mol. The Bertz CT molecular complexity index is 502. The van der Waals surface area contributed by atoms with E-state index < -0.39 is 5.82 Å². The third kappa shape index (κ3) is 1.76. The van der Waals surface area contributed by atoms with Gasteiger partial charge in [-0.1, -0.05) is 17.7 Å². The van der Waals surface area contributed by atoms with Gasteiger partial charge < -0.3 is 5.73 Å². The maximum absolute atomic E-state index is 13.6. The van der Waals surface area contributed by atoms with Crippen molar-refractivity contribution in [1.82, 2.24) is 9.97 Å². The Morgan fingerprint density at radius 1 is 1.20 bits per heavy atom. The van der Waals surface area contributed by atoms with Gasteiger partial charge in [0.15, 0.2) is 5.82 Å². The maximum atomic E-state index is 13.6. The molecule has 0 bridgehead atoms. The van der Waals surface area contributed by atoms with E-state index in [9.17, 15) is 4.39 Å². The molecule has 0 amide bonds. The molecule has 2 aromatic rings. The molecule has 3 nitrogen and oxygen atoms in total. The van der Waals surface area contributed by atoms with Gasteiger partial charge in [-0.05, 0) is 12.1 Å². The van der Waals surface area contributed by atoms with Crippen LogP contribution in [0.25, 0.3) is 11.3 Å². The number of nitrogens with two attached hydrogens (primary N) is 1. The summed E-state index contributed by atoms with van der Waals surface area (Å²) in [5, 5.41) is 0.0394. The molecule has 1 heterocycles. The lowest BCUT2D eigenvalue weighted by molar-refractivity contribution is 0.631. The predicted molar refractivity (Wildman–Crippen MR) is 56.8 cm³/mol. The molecular weight excluding hydrogens is 217 g/mol. The number of rotatable bonds is 1. The van der Waals surface area contributed by atoms with E-state index in [1.54, 1.807) is 12.1 Å². The summed E-state index contributed by atoms with van der Waals surface area (Å²) in [5.41, 5.74) is 6.15. The molecule has 0 aliphatic heterocycles. The smallest absolute Gasteiger partial charge is 0.151 e. The first-order chi connectivity index (χ1) is 7.20. The zero-order valence-corrected chi connectivity index (χ0v) is 8.37. The van der Waals surface area contributed by atoms with Crippen LogP contribution in [-0.4, -0.2) is 9.97 Å².